The van der Waals surface area contributed by atoms with Crippen molar-refractivity contribution in [2.24, 2.45) is 0 Å². The summed E-state index contributed by atoms with van der Waals surface area (Å²) in [7, 11) is -3.79. The summed E-state index contributed by atoms with van der Waals surface area (Å²) in [6.07, 6.45) is 5.48. The van der Waals surface area contributed by atoms with Gasteiger partial charge < -0.3 is 5.32 Å². The van der Waals surface area contributed by atoms with Crippen molar-refractivity contribution in [3.63, 3.8) is 0 Å². The Kier molecular flexibility index (Phi) is 5.12. The van der Waals surface area contributed by atoms with Gasteiger partial charge >= 0.3 is 0 Å². The van der Waals surface area contributed by atoms with Crippen LogP contribution in [-0.4, -0.2) is 46.7 Å². The van der Waals surface area contributed by atoms with Crippen LogP contribution in [0.1, 0.15) is 47.4 Å². The second-order valence-corrected chi connectivity index (χ2v) is 9.66. The van der Waals surface area contributed by atoms with Crippen LogP contribution in [-0.2, 0) is 10.0 Å². The molecule has 2 aliphatic heterocycles. The minimum atomic E-state index is -3.79. The molecule has 1 amide bonds. The molecule has 2 bridgehead atoms. The number of hydrogen-bond acceptors (Lipinski definition) is 5. The van der Waals surface area contributed by atoms with E-state index in [0.717, 1.165) is 24.6 Å². The molecule has 1 aromatic carbocycles. The van der Waals surface area contributed by atoms with Gasteiger partial charge in [-0.25, -0.2) is 17.8 Å². The highest BCUT2D eigenvalue weighted by Crippen LogP contribution is 2.40. The van der Waals surface area contributed by atoms with Gasteiger partial charge in [-0.1, -0.05) is 6.07 Å². The highest BCUT2D eigenvalue weighted by atomic mass is 32.2. The van der Waals surface area contributed by atoms with Gasteiger partial charge in [0.25, 0.3) is 5.91 Å². The molecular weight excluding hydrogens is 395 g/mol. The van der Waals surface area contributed by atoms with E-state index in [1.54, 1.807) is 13.8 Å². The van der Waals surface area contributed by atoms with Crippen molar-refractivity contribution >= 4 is 15.9 Å². The molecular formula is C20H23FN4O3S. The summed E-state index contributed by atoms with van der Waals surface area (Å²) in [6.45, 7) is 3.39. The van der Waals surface area contributed by atoms with Gasteiger partial charge in [-0.2, -0.15) is 4.31 Å². The number of fused-ring (bicyclic) bond motifs is 2. The lowest BCUT2D eigenvalue weighted by Crippen LogP contribution is -2.52. The number of nitrogens with one attached hydrogen (secondary N) is 1. The van der Waals surface area contributed by atoms with Crippen LogP contribution in [0.3, 0.4) is 0 Å². The third-order valence-electron chi connectivity index (χ3n) is 5.73. The number of hydrogen-bond donors (Lipinski definition) is 1. The Balaban J connectivity index is 1.49. The number of rotatable bonds is 4. The Labute approximate surface area is 169 Å². The summed E-state index contributed by atoms with van der Waals surface area (Å²) in [5, 5.41) is 2.96. The highest BCUT2D eigenvalue weighted by Gasteiger charge is 2.47. The van der Waals surface area contributed by atoms with E-state index in [1.807, 2.05) is 0 Å². The zero-order chi connectivity index (χ0) is 20.8. The van der Waals surface area contributed by atoms with Crippen molar-refractivity contribution < 1.29 is 17.6 Å². The molecule has 3 heterocycles. The minimum Gasteiger partial charge on any atom is -0.348 e. The van der Waals surface area contributed by atoms with Gasteiger partial charge in [-0.15, -0.1) is 0 Å². The third-order valence-corrected chi connectivity index (χ3v) is 7.73. The Morgan fingerprint density at radius 2 is 1.83 bits per heavy atom. The smallest absolute Gasteiger partial charge is 0.271 e. The lowest BCUT2D eigenvalue weighted by molar-refractivity contribution is 0.0903. The number of carbonyl (C=O) groups excluding carboxylic acids is 1. The number of amides is 1. The van der Waals surface area contributed by atoms with Crippen molar-refractivity contribution in [1.82, 2.24) is 19.6 Å². The molecule has 1 aromatic heterocycles. The van der Waals surface area contributed by atoms with E-state index in [0.29, 0.717) is 18.4 Å². The Morgan fingerprint density at radius 1 is 1.14 bits per heavy atom. The molecule has 2 aromatic rings. The van der Waals surface area contributed by atoms with Gasteiger partial charge in [-0.05, 0) is 57.2 Å². The summed E-state index contributed by atoms with van der Waals surface area (Å²) in [5.74, 6) is -0.835. The summed E-state index contributed by atoms with van der Waals surface area (Å²) in [5.41, 5.74) is 1.38. The van der Waals surface area contributed by atoms with Gasteiger partial charge in [0.15, 0.2) is 0 Å². The number of aryl methyl sites for hydroxylation is 2. The second kappa shape index (κ2) is 7.46. The number of nitrogens with zero attached hydrogens (tertiary/aromatic N) is 3. The highest BCUT2D eigenvalue weighted by molar-refractivity contribution is 7.89. The van der Waals surface area contributed by atoms with Crippen molar-refractivity contribution in [1.29, 1.82) is 0 Å². The predicted octanol–water partition coefficient (Wildman–Crippen LogP) is 2.35. The maximum atomic E-state index is 13.9. The summed E-state index contributed by atoms with van der Waals surface area (Å²) < 4.78 is 41.8. The zero-order valence-electron chi connectivity index (χ0n) is 16.3. The predicted molar refractivity (Wildman–Crippen MR) is 104 cm³/mol. The Hall–Kier alpha value is -2.39. The maximum Gasteiger partial charge on any atom is 0.271 e. The lowest BCUT2D eigenvalue weighted by atomic mass is 9.99. The first-order chi connectivity index (χ1) is 13.8. The van der Waals surface area contributed by atoms with Crippen molar-refractivity contribution in [3.8, 4) is 0 Å². The first kappa shape index (κ1) is 19.9. The Morgan fingerprint density at radius 3 is 2.41 bits per heavy atom. The minimum absolute atomic E-state index is 0.0186. The van der Waals surface area contributed by atoms with Gasteiger partial charge in [0, 0.05) is 24.3 Å². The summed E-state index contributed by atoms with van der Waals surface area (Å²) in [4.78, 5) is 20.6. The van der Waals surface area contributed by atoms with Crippen LogP contribution in [0.25, 0.3) is 0 Å². The first-order valence-electron chi connectivity index (χ1n) is 9.65. The van der Waals surface area contributed by atoms with Gasteiger partial charge in [0.05, 0.1) is 16.8 Å². The second-order valence-electron chi connectivity index (χ2n) is 7.82. The molecule has 1 N–H and O–H groups in total. The van der Waals surface area contributed by atoms with Crippen LogP contribution in [0.5, 0.6) is 0 Å². The summed E-state index contributed by atoms with van der Waals surface area (Å²) in [6, 6.07) is 3.48. The largest absolute Gasteiger partial charge is 0.348 e. The third kappa shape index (κ3) is 3.76. The Bertz CT molecular complexity index is 1030. The molecule has 0 saturated carbocycles. The molecule has 2 saturated heterocycles. The quantitative estimate of drug-likeness (QED) is 0.823. The molecule has 2 aliphatic rings. The fraction of sp³-hybridized carbons (Fsp3) is 0.450. The van der Waals surface area contributed by atoms with Gasteiger partial charge in [-0.3, -0.25) is 9.78 Å². The number of piperidine rings is 1. The van der Waals surface area contributed by atoms with Crippen LogP contribution >= 0.6 is 0 Å². The van der Waals surface area contributed by atoms with E-state index in [1.165, 1.54) is 28.8 Å². The number of carbonyl (C=O) groups is 1. The van der Waals surface area contributed by atoms with Crippen LogP contribution in [0, 0.1) is 19.7 Å². The molecule has 0 aliphatic carbocycles. The first-order valence-corrected chi connectivity index (χ1v) is 11.1. The van der Waals surface area contributed by atoms with E-state index in [-0.39, 0.29) is 34.6 Å². The monoisotopic (exact) mass is 418 g/mol. The van der Waals surface area contributed by atoms with Gasteiger partial charge in [0.1, 0.15) is 11.5 Å². The van der Waals surface area contributed by atoms with Crippen molar-refractivity contribution in [3.05, 3.63) is 53.4 Å². The number of aromatic nitrogens is 2. The van der Waals surface area contributed by atoms with Crippen molar-refractivity contribution in [2.75, 3.05) is 0 Å². The SMILES string of the molecule is Cc1cnc(C(=O)NC2CC3CCC(C2)N3S(=O)(=O)c2ccc(C)c(F)c2)cn1. The van der Waals surface area contributed by atoms with E-state index in [2.05, 4.69) is 15.3 Å². The van der Waals surface area contributed by atoms with E-state index in [4.69, 9.17) is 0 Å². The standard InChI is InChI=1S/C20H23FN4O3S/c1-12-3-6-17(9-18(12)21)29(27,28)25-15-4-5-16(25)8-14(7-15)24-20(26)19-11-22-13(2)10-23-19/h3,6,9-11,14-16H,4-5,7-8H2,1-2H3,(H,24,26). The maximum absolute atomic E-state index is 13.9. The fourth-order valence-electron chi connectivity index (χ4n) is 4.27. The molecule has 2 fully saturated rings. The van der Waals surface area contributed by atoms with E-state index >= 15 is 0 Å². The van der Waals surface area contributed by atoms with Crippen LogP contribution < -0.4 is 5.32 Å². The molecule has 0 radical (unpaired) electrons. The van der Waals surface area contributed by atoms with E-state index in [9.17, 15) is 17.6 Å². The molecule has 2 atom stereocenters. The van der Waals surface area contributed by atoms with Crippen molar-refractivity contribution in [2.45, 2.75) is 62.6 Å². The number of halogens is 1. The van der Waals surface area contributed by atoms with Gasteiger partial charge in [0.2, 0.25) is 10.0 Å². The molecule has 7 nitrogen and oxygen atoms in total. The number of benzene rings is 1. The molecule has 4 rings (SSSR count). The fourth-order valence-corrected chi connectivity index (χ4v) is 6.17. The zero-order valence-corrected chi connectivity index (χ0v) is 17.1. The normalized spacial score (nSPS) is 24.4. The molecule has 29 heavy (non-hydrogen) atoms. The van der Waals surface area contributed by atoms with Crippen LogP contribution in [0.2, 0.25) is 0 Å². The van der Waals surface area contributed by atoms with Crippen LogP contribution in [0.15, 0.2) is 35.5 Å². The summed E-state index contributed by atoms with van der Waals surface area (Å²) >= 11 is 0. The molecule has 9 heteroatoms. The van der Waals surface area contributed by atoms with E-state index < -0.39 is 15.8 Å². The average Bonchev–Trinajstić information content (AvgIpc) is 2.96. The molecule has 2 unspecified atom stereocenters. The topological polar surface area (TPSA) is 92.3 Å². The number of sulfonamides is 1. The molecule has 154 valence electrons. The van der Waals surface area contributed by atoms with Crippen LogP contribution in [0.4, 0.5) is 4.39 Å². The molecule has 0 spiro atoms. The average molecular weight is 418 g/mol. The lowest BCUT2D eigenvalue weighted by Gasteiger charge is -2.38.